The van der Waals surface area contributed by atoms with Crippen LogP contribution in [0.5, 0.6) is 11.5 Å². The lowest BCUT2D eigenvalue weighted by atomic mass is 10.1. The summed E-state index contributed by atoms with van der Waals surface area (Å²) in [6, 6.07) is 23.3. The summed E-state index contributed by atoms with van der Waals surface area (Å²) in [6.07, 6.45) is 0. The number of benzene rings is 3. The van der Waals surface area contributed by atoms with Gasteiger partial charge in [-0.1, -0.05) is 30.0 Å². The van der Waals surface area contributed by atoms with Crippen molar-refractivity contribution >= 4 is 17.4 Å². The molecule has 1 N–H and O–H groups in total. The molecule has 2 aliphatic rings. The predicted molar refractivity (Wildman–Crippen MR) is 107 cm³/mol. The summed E-state index contributed by atoms with van der Waals surface area (Å²) in [7, 11) is 0. The third-order valence-electron chi connectivity index (χ3n) is 4.80. The van der Waals surface area contributed by atoms with Crippen molar-refractivity contribution in [2.75, 3.05) is 18.4 Å². The van der Waals surface area contributed by atoms with Gasteiger partial charge in [0.2, 0.25) is 0 Å². The summed E-state index contributed by atoms with van der Waals surface area (Å²) in [5, 5.41) is 3.24. The van der Waals surface area contributed by atoms with E-state index >= 15 is 0 Å². The molecule has 3 aromatic carbocycles. The van der Waals surface area contributed by atoms with E-state index in [2.05, 4.69) is 70.9 Å². The normalized spacial score (nSPS) is 15.3. The minimum absolute atomic E-state index is 0.585. The van der Waals surface area contributed by atoms with Crippen molar-refractivity contribution in [2.45, 2.75) is 22.9 Å². The fourth-order valence-corrected chi connectivity index (χ4v) is 4.38. The fraction of sp³-hybridized carbons (Fsp3) is 0.182. The Balaban J connectivity index is 1.37. The Morgan fingerprint density at radius 1 is 0.815 bits per heavy atom. The van der Waals surface area contributed by atoms with Gasteiger partial charge in [0.1, 0.15) is 18.2 Å². The molecule has 0 radical (unpaired) electrons. The number of nitrogens with zero attached hydrogens (tertiary/aromatic N) is 1. The Hall–Kier alpha value is -2.63. The van der Waals surface area contributed by atoms with Gasteiger partial charge in [0, 0.05) is 39.7 Å². The molecular formula is C22H20N2O2S. The number of hydrogen-bond acceptors (Lipinski definition) is 5. The van der Waals surface area contributed by atoms with E-state index in [0.717, 1.165) is 24.6 Å². The molecule has 0 atom stereocenters. The Morgan fingerprint density at radius 3 is 2.37 bits per heavy atom. The van der Waals surface area contributed by atoms with Crippen molar-refractivity contribution in [1.29, 1.82) is 0 Å². The van der Waals surface area contributed by atoms with Gasteiger partial charge >= 0.3 is 0 Å². The van der Waals surface area contributed by atoms with Crippen LogP contribution in [0.2, 0.25) is 0 Å². The molecule has 0 amide bonds. The first-order valence-corrected chi connectivity index (χ1v) is 9.87. The van der Waals surface area contributed by atoms with E-state index in [9.17, 15) is 0 Å². The molecule has 0 saturated heterocycles. The van der Waals surface area contributed by atoms with Crippen molar-refractivity contribution in [1.82, 2.24) is 5.32 Å². The molecule has 0 saturated carbocycles. The van der Waals surface area contributed by atoms with Crippen LogP contribution in [0.15, 0.2) is 76.5 Å². The van der Waals surface area contributed by atoms with Crippen LogP contribution in [0, 0.1) is 0 Å². The average Bonchev–Trinajstić information content (AvgIpc) is 2.74. The molecule has 27 heavy (non-hydrogen) atoms. The smallest absolute Gasteiger partial charge is 0.161 e. The number of hydrogen-bond donors (Lipinski definition) is 1. The molecule has 136 valence electrons. The monoisotopic (exact) mass is 376 g/mol. The van der Waals surface area contributed by atoms with E-state index in [1.807, 2.05) is 6.07 Å². The number of fused-ring (bicyclic) bond motifs is 2. The molecule has 5 heteroatoms. The number of para-hydroxylation sites is 1. The van der Waals surface area contributed by atoms with Crippen LogP contribution in [-0.4, -0.2) is 13.5 Å². The maximum atomic E-state index is 5.96. The number of ether oxygens (including phenoxy) is 2. The minimum Gasteiger partial charge on any atom is -0.478 e. The minimum atomic E-state index is 0.585. The van der Waals surface area contributed by atoms with Gasteiger partial charge in [-0.15, -0.1) is 0 Å². The lowest BCUT2D eigenvalue weighted by Gasteiger charge is -2.31. The van der Waals surface area contributed by atoms with E-state index in [0.29, 0.717) is 13.5 Å². The molecule has 5 rings (SSSR count). The molecule has 0 aromatic heterocycles. The lowest BCUT2D eigenvalue weighted by molar-refractivity contribution is 0.257. The Labute approximate surface area is 163 Å². The van der Waals surface area contributed by atoms with Crippen molar-refractivity contribution in [3.05, 3.63) is 77.9 Å². The molecule has 0 bridgehead atoms. The zero-order valence-electron chi connectivity index (χ0n) is 14.9. The zero-order valence-corrected chi connectivity index (χ0v) is 15.7. The molecule has 3 aromatic rings. The summed E-state index contributed by atoms with van der Waals surface area (Å²) in [6.45, 7) is 2.88. The third kappa shape index (κ3) is 3.48. The van der Waals surface area contributed by atoms with Crippen LogP contribution in [0.3, 0.4) is 0 Å². The quantitative estimate of drug-likeness (QED) is 0.721. The number of anilines is 1. The van der Waals surface area contributed by atoms with Crippen molar-refractivity contribution in [3.8, 4) is 11.5 Å². The highest BCUT2D eigenvalue weighted by molar-refractivity contribution is 7.99. The van der Waals surface area contributed by atoms with Crippen molar-refractivity contribution < 1.29 is 9.47 Å². The van der Waals surface area contributed by atoms with E-state index in [1.165, 1.54) is 26.6 Å². The molecular weight excluding hydrogens is 356 g/mol. The third-order valence-corrected chi connectivity index (χ3v) is 5.78. The summed E-state index contributed by atoms with van der Waals surface area (Å²) < 4.78 is 11.6. The lowest BCUT2D eigenvalue weighted by Crippen LogP contribution is -2.31. The Kier molecular flexibility index (Phi) is 4.40. The average molecular weight is 376 g/mol. The van der Waals surface area contributed by atoms with Gasteiger partial charge in [0.25, 0.3) is 0 Å². The van der Waals surface area contributed by atoms with E-state index in [-0.39, 0.29) is 0 Å². The molecule has 0 fully saturated rings. The van der Waals surface area contributed by atoms with Crippen LogP contribution in [-0.2, 0) is 13.1 Å². The molecule has 2 aliphatic heterocycles. The van der Waals surface area contributed by atoms with Gasteiger partial charge in [-0.2, -0.15) is 0 Å². The summed E-state index contributed by atoms with van der Waals surface area (Å²) in [5.74, 6) is 1.96. The van der Waals surface area contributed by atoms with Gasteiger partial charge in [-0.25, -0.2) is 0 Å². The molecule has 0 aliphatic carbocycles. The second-order valence-electron chi connectivity index (χ2n) is 6.66. The topological polar surface area (TPSA) is 33.7 Å². The van der Waals surface area contributed by atoms with Crippen molar-refractivity contribution in [3.63, 3.8) is 0 Å². The Bertz CT molecular complexity index is 962. The number of nitrogens with one attached hydrogen (secondary N) is 1. The highest BCUT2D eigenvalue weighted by Crippen LogP contribution is 2.36. The molecule has 0 spiro atoms. The Morgan fingerprint density at radius 2 is 1.56 bits per heavy atom. The first kappa shape index (κ1) is 16.5. The summed E-state index contributed by atoms with van der Waals surface area (Å²) in [5.41, 5.74) is 3.62. The highest BCUT2D eigenvalue weighted by Gasteiger charge is 2.18. The van der Waals surface area contributed by atoms with Crippen LogP contribution in [0.1, 0.15) is 11.1 Å². The molecule has 4 nitrogen and oxygen atoms in total. The summed E-state index contributed by atoms with van der Waals surface area (Å²) in [4.78, 5) is 4.69. The van der Waals surface area contributed by atoms with Crippen LogP contribution >= 0.6 is 11.8 Å². The van der Waals surface area contributed by atoms with E-state index in [1.54, 1.807) is 11.8 Å². The standard InChI is InChI=1S/C22H20N2O2S/c1-2-4-18(5-3-1)24-13-17-11-20(7-9-22(17)26-15-24)27-19-6-8-21-16(10-19)12-23-14-25-21/h1-11,23H,12-15H2. The maximum absolute atomic E-state index is 5.96. The SMILES string of the molecule is c1ccc(N2COc3ccc(Sc4ccc5c(c4)CNCO5)cc3C2)cc1. The van der Waals surface area contributed by atoms with Crippen LogP contribution < -0.4 is 19.7 Å². The van der Waals surface area contributed by atoms with Gasteiger partial charge in [0.05, 0.1) is 0 Å². The fourth-order valence-electron chi connectivity index (χ4n) is 3.44. The first-order chi connectivity index (χ1) is 13.3. The largest absolute Gasteiger partial charge is 0.478 e. The molecule has 2 heterocycles. The second-order valence-corrected chi connectivity index (χ2v) is 7.81. The van der Waals surface area contributed by atoms with Gasteiger partial charge in [-0.3, -0.25) is 5.32 Å². The highest BCUT2D eigenvalue weighted by atomic mass is 32.2. The zero-order chi connectivity index (χ0) is 18.1. The van der Waals surface area contributed by atoms with Crippen LogP contribution in [0.25, 0.3) is 0 Å². The maximum Gasteiger partial charge on any atom is 0.161 e. The van der Waals surface area contributed by atoms with Crippen molar-refractivity contribution in [2.24, 2.45) is 0 Å². The first-order valence-electron chi connectivity index (χ1n) is 9.05. The molecule has 0 unspecified atom stereocenters. The van der Waals surface area contributed by atoms with E-state index in [4.69, 9.17) is 9.47 Å². The predicted octanol–water partition coefficient (Wildman–Crippen LogP) is 4.63. The second kappa shape index (κ2) is 7.18. The van der Waals surface area contributed by atoms with Crippen LogP contribution in [0.4, 0.5) is 5.69 Å². The summed E-state index contributed by atoms with van der Waals surface area (Å²) >= 11 is 1.77. The van der Waals surface area contributed by atoms with E-state index < -0.39 is 0 Å². The number of rotatable bonds is 3. The van der Waals surface area contributed by atoms with Gasteiger partial charge in [-0.05, 0) is 48.5 Å². The van der Waals surface area contributed by atoms with Gasteiger partial charge in [0.15, 0.2) is 6.73 Å². The van der Waals surface area contributed by atoms with Gasteiger partial charge < -0.3 is 14.4 Å².